The predicted octanol–water partition coefficient (Wildman–Crippen LogP) is 0.270. The maximum absolute atomic E-state index is 10.1. The number of aryl methyl sites for hydroxylation is 1. The van der Waals surface area contributed by atoms with Gasteiger partial charge >= 0.3 is 0 Å². The molecule has 0 atom stereocenters. The molecule has 120 valence electrons. The highest BCUT2D eigenvalue weighted by Gasteiger charge is 2.16. The molecular formula is C14H17N7O2. The van der Waals surface area contributed by atoms with E-state index in [9.17, 15) is 5.11 Å². The van der Waals surface area contributed by atoms with Gasteiger partial charge in [0.15, 0.2) is 17.0 Å². The second-order valence-electron chi connectivity index (χ2n) is 5.06. The zero-order valence-corrected chi connectivity index (χ0v) is 12.6. The third kappa shape index (κ3) is 2.99. The lowest BCUT2D eigenvalue weighted by atomic mass is 10.2. The van der Waals surface area contributed by atoms with E-state index in [0.29, 0.717) is 24.3 Å². The average molecular weight is 315 g/mol. The largest absolute Gasteiger partial charge is 0.480 e. The monoisotopic (exact) mass is 315 g/mol. The van der Waals surface area contributed by atoms with Crippen LogP contribution in [0, 0.1) is 6.92 Å². The Kier molecular flexibility index (Phi) is 3.94. The quantitative estimate of drug-likeness (QED) is 0.527. The highest BCUT2D eigenvalue weighted by atomic mass is 16.3. The maximum Gasteiger partial charge on any atom is 0.296 e. The van der Waals surface area contributed by atoms with Crippen molar-refractivity contribution in [2.45, 2.75) is 13.5 Å². The molecule has 0 bridgehead atoms. The van der Waals surface area contributed by atoms with E-state index in [4.69, 9.17) is 10.8 Å². The molecule has 3 rings (SSSR count). The number of aromatic nitrogens is 5. The molecule has 3 heterocycles. The molecule has 3 aromatic heterocycles. The molecular weight excluding hydrogens is 298 g/mol. The Morgan fingerprint density at radius 3 is 2.78 bits per heavy atom. The fourth-order valence-corrected chi connectivity index (χ4v) is 2.18. The van der Waals surface area contributed by atoms with Crippen LogP contribution in [0.1, 0.15) is 11.3 Å². The second kappa shape index (κ2) is 6.05. The number of nitrogens with one attached hydrogen (secondary N) is 1. The summed E-state index contributed by atoms with van der Waals surface area (Å²) in [5.74, 6) is 0.429. The number of aliphatic hydroxyl groups excluding tert-OH is 1. The Morgan fingerprint density at radius 2 is 2.09 bits per heavy atom. The van der Waals surface area contributed by atoms with Crippen molar-refractivity contribution >= 4 is 22.9 Å². The van der Waals surface area contributed by atoms with E-state index in [1.807, 2.05) is 19.1 Å². The number of anilines is 2. The van der Waals surface area contributed by atoms with E-state index in [-0.39, 0.29) is 24.4 Å². The van der Waals surface area contributed by atoms with Crippen LogP contribution in [0.25, 0.3) is 11.2 Å². The Hall–Kier alpha value is -2.94. The van der Waals surface area contributed by atoms with E-state index < -0.39 is 0 Å². The molecule has 23 heavy (non-hydrogen) atoms. The van der Waals surface area contributed by atoms with Gasteiger partial charge in [-0.05, 0) is 18.6 Å². The Bertz CT molecular complexity index is 829. The predicted molar refractivity (Wildman–Crippen MR) is 85.1 cm³/mol. The summed E-state index contributed by atoms with van der Waals surface area (Å²) in [5.41, 5.74) is 8.42. The van der Waals surface area contributed by atoms with Crippen LogP contribution < -0.4 is 11.1 Å². The summed E-state index contributed by atoms with van der Waals surface area (Å²) in [6.07, 6.45) is 1.73. The molecule has 9 heteroatoms. The number of nitrogen functional groups attached to an aromatic ring is 1. The van der Waals surface area contributed by atoms with Crippen LogP contribution in [0.4, 0.5) is 11.8 Å². The number of rotatable bonds is 5. The second-order valence-corrected chi connectivity index (χ2v) is 5.06. The molecule has 0 saturated heterocycles. The number of aromatic hydroxyl groups is 1. The maximum atomic E-state index is 10.1. The van der Waals surface area contributed by atoms with Crippen LogP contribution in [0.5, 0.6) is 6.01 Å². The molecule has 0 amide bonds. The van der Waals surface area contributed by atoms with Gasteiger partial charge in [-0.1, -0.05) is 6.07 Å². The van der Waals surface area contributed by atoms with Gasteiger partial charge in [-0.3, -0.25) is 9.55 Å². The molecule has 0 fully saturated rings. The van der Waals surface area contributed by atoms with Crippen molar-refractivity contribution in [1.29, 1.82) is 0 Å². The first-order chi connectivity index (χ1) is 11.1. The first-order valence-electron chi connectivity index (χ1n) is 7.07. The van der Waals surface area contributed by atoms with Crippen LogP contribution in [-0.4, -0.2) is 47.9 Å². The number of hydrogen-bond donors (Lipinski definition) is 4. The summed E-state index contributed by atoms with van der Waals surface area (Å²) >= 11 is 0. The molecule has 0 saturated carbocycles. The van der Waals surface area contributed by atoms with Gasteiger partial charge in [0.05, 0.1) is 13.2 Å². The van der Waals surface area contributed by atoms with Crippen LogP contribution in [0.15, 0.2) is 18.3 Å². The summed E-state index contributed by atoms with van der Waals surface area (Å²) < 4.78 is 1.53. The first kappa shape index (κ1) is 15.0. The fourth-order valence-electron chi connectivity index (χ4n) is 2.18. The minimum absolute atomic E-state index is 0.0547. The zero-order valence-electron chi connectivity index (χ0n) is 12.6. The van der Waals surface area contributed by atoms with E-state index in [1.165, 1.54) is 4.57 Å². The molecule has 9 nitrogen and oxygen atoms in total. The van der Waals surface area contributed by atoms with Crippen LogP contribution >= 0.6 is 0 Å². The molecule has 0 aliphatic carbocycles. The fraction of sp³-hybridized carbons (Fsp3) is 0.286. The normalized spacial score (nSPS) is 11.0. The third-order valence-corrected chi connectivity index (χ3v) is 3.31. The van der Waals surface area contributed by atoms with Gasteiger partial charge in [-0.25, -0.2) is 0 Å². The van der Waals surface area contributed by atoms with Crippen molar-refractivity contribution in [2.75, 3.05) is 24.2 Å². The molecule has 0 aliphatic heterocycles. The highest BCUT2D eigenvalue weighted by Crippen LogP contribution is 2.24. The van der Waals surface area contributed by atoms with Crippen molar-refractivity contribution in [3.63, 3.8) is 0 Å². The summed E-state index contributed by atoms with van der Waals surface area (Å²) in [5, 5.41) is 21.8. The smallest absolute Gasteiger partial charge is 0.296 e. The van der Waals surface area contributed by atoms with Crippen LogP contribution in [0.3, 0.4) is 0 Å². The molecule has 0 aliphatic rings. The van der Waals surface area contributed by atoms with E-state index in [0.717, 1.165) is 11.3 Å². The Morgan fingerprint density at radius 1 is 1.26 bits per heavy atom. The van der Waals surface area contributed by atoms with Crippen molar-refractivity contribution in [2.24, 2.45) is 0 Å². The lowest BCUT2D eigenvalue weighted by Crippen LogP contribution is -2.11. The van der Waals surface area contributed by atoms with Gasteiger partial charge in [0.1, 0.15) is 0 Å². The minimum Gasteiger partial charge on any atom is -0.480 e. The van der Waals surface area contributed by atoms with Crippen molar-refractivity contribution in [1.82, 2.24) is 24.5 Å². The number of hydrogen-bond acceptors (Lipinski definition) is 8. The minimum atomic E-state index is -0.194. The summed E-state index contributed by atoms with van der Waals surface area (Å²) in [6, 6.07) is 3.62. The van der Waals surface area contributed by atoms with Gasteiger partial charge < -0.3 is 21.3 Å². The van der Waals surface area contributed by atoms with Gasteiger partial charge in [0.2, 0.25) is 5.95 Å². The average Bonchev–Trinajstić information content (AvgIpc) is 2.84. The molecule has 5 N–H and O–H groups in total. The third-order valence-electron chi connectivity index (χ3n) is 3.31. The Labute approximate surface area is 131 Å². The molecule has 0 radical (unpaired) electrons. The molecule has 3 aromatic rings. The summed E-state index contributed by atoms with van der Waals surface area (Å²) in [7, 11) is 0. The SMILES string of the molecule is Cc1ccc(Cn2c(O)nc3c(N)nc(NCCO)nc32)cn1. The summed E-state index contributed by atoms with van der Waals surface area (Å²) in [6.45, 7) is 2.50. The van der Waals surface area contributed by atoms with Gasteiger partial charge in [0, 0.05) is 18.4 Å². The molecule has 0 aromatic carbocycles. The van der Waals surface area contributed by atoms with Crippen LogP contribution in [-0.2, 0) is 6.54 Å². The first-order valence-corrected chi connectivity index (χ1v) is 7.07. The van der Waals surface area contributed by atoms with Crippen molar-refractivity contribution in [3.05, 3.63) is 29.6 Å². The van der Waals surface area contributed by atoms with Crippen LogP contribution in [0.2, 0.25) is 0 Å². The zero-order chi connectivity index (χ0) is 16.4. The standard InChI is InChI=1S/C14H17N7O2/c1-8-2-3-9(6-17-8)7-21-12-10(18-14(21)23)11(15)19-13(20-12)16-4-5-22/h2-3,6,22H,4-5,7H2,1H3,(H,18,23)(H3,15,16,19,20). The number of fused-ring (bicyclic) bond motifs is 1. The molecule has 0 unspecified atom stereocenters. The van der Waals surface area contributed by atoms with E-state index in [1.54, 1.807) is 6.20 Å². The van der Waals surface area contributed by atoms with E-state index >= 15 is 0 Å². The lowest BCUT2D eigenvalue weighted by molar-refractivity contribution is 0.311. The number of nitrogens with two attached hydrogens (primary N) is 1. The highest BCUT2D eigenvalue weighted by molar-refractivity contribution is 5.84. The van der Waals surface area contributed by atoms with Gasteiger partial charge in [-0.15, -0.1) is 0 Å². The Balaban J connectivity index is 2.02. The number of nitrogens with zero attached hydrogens (tertiary/aromatic N) is 5. The van der Waals surface area contributed by atoms with Crippen molar-refractivity contribution < 1.29 is 10.2 Å². The molecule has 0 spiro atoms. The van der Waals surface area contributed by atoms with Gasteiger partial charge in [-0.2, -0.15) is 15.0 Å². The van der Waals surface area contributed by atoms with E-state index in [2.05, 4.69) is 25.3 Å². The number of pyridine rings is 1. The van der Waals surface area contributed by atoms with Crippen molar-refractivity contribution in [3.8, 4) is 6.01 Å². The number of aliphatic hydroxyl groups is 1. The summed E-state index contributed by atoms with van der Waals surface area (Å²) in [4.78, 5) is 16.6. The number of imidazole rings is 1. The van der Waals surface area contributed by atoms with Gasteiger partial charge in [0.25, 0.3) is 6.01 Å². The lowest BCUT2D eigenvalue weighted by Gasteiger charge is -2.07. The topological polar surface area (TPSA) is 135 Å².